The van der Waals surface area contributed by atoms with Crippen LogP contribution in [0.25, 0.3) is 11.3 Å². The molecule has 3 aromatic rings. The number of allylic oxidation sites excluding steroid dienone is 1. The first-order valence-electron chi connectivity index (χ1n) is 8.57. The van der Waals surface area contributed by atoms with E-state index in [9.17, 15) is 5.26 Å². The number of nitrogens with zero attached hydrogens (tertiary/aromatic N) is 2. The number of ether oxygens (including phenoxy) is 2. The largest absolute Gasteiger partial charge is 0.494 e. The second kappa shape index (κ2) is 6.82. The highest BCUT2D eigenvalue weighted by molar-refractivity contribution is 7.12. The van der Waals surface area contributed by atoms with Gasteiger partial charge in [-0.15, -0.1) is 16.4 Å². The number of aryl methyl sites for hydroxylation is 1. The van der Waals surface area contributed by atoms with E-state index in [1.165, 1.54) is 4.88 Å². The van der Waals surface area contributed by atoms with Gasteiger partial charge in [0.1, 0.15) is 17.4 Å². The lowest BCUT2D eigenvalue weighted by molar-refractivity contribution is 0.340. The quantitative estimate of drug-likeness (QED) is 0.713. The number of nitrogens with two attached hydrogens (primary N) is 1. The van der Waals surface area contributed by atoms with Crippen LogP contribution >= 0.6 is 11.3 Å². The van der Waals surface area contributed by atoms with E-state index in [1.54, 1.807) is 11.3 Å². The van der Waals surface area contributed by atoms with Gasteiger partial charge in [-0.25, -0.2) is 0 Å². The summed E-state index contributed by atoms with van der Waals surface area (Å²) in [6.45, 7) is 4.60. The average molecular weight is 378 g/mol. The van der Waals surface area contributed by atoms with Gasteiger partial charge in [0, 0.05) is 15.3 Å². The van der Waals surface area contributed by atoms with Gasteiger partial charge in [0.2, 0.25) is 11.8 Å². The Bertz CT molecular complexity index is 1060. The molecule has 0 aliphatic carbocycles. The lowest BCUT2D eigenvalue weighted by Crippen LogP contribution is -2.20. The minimum Gasteiger partial charge on any atom is -0.494 e. The molecule has 0 amide bonds. The molecular weight excluding hydrogens is 360 g/mol. The van der Waals surface area contributed by atoms with Gasteiger partial charge < -0.3 is 15.2 Å². The van der Waals surface area contributed by atoms with Crippen LogP contribution in [0, 0.1) is 18.3 Å². The number of fused-ring (bicyclic) bond motifs is 1. The molecule has 136 valence electrons. The Labute approximate surface area is 160 Å². The molecule has 0 radical (unpaired) electrons. The fraction of sp³-hybridized carbons (Fsp3) is 0.200. The van der Waals surface area contributed by atoms with Crippen LogP contribution in [0.4, 0.5) is 0 Å². The van der Waals surface area contributed by atoms with Gasteiger partial charge >= 0.3 is 0 Å². The summed E-state index contributed by atoms with van der Waals surface area (Å²) >= 11 is 1.64. The van der Waals surface area contributed by atoms with Gasteiger partial charge in [0.15, 0.2) is 0 Å². The summed E-state index contributed by atoms with van der Waals surface area (Å²) in [6, 6.07) is 14.0. The monoisotopic (exact) mass is 378 g/mol. The minimum atomic E-state index is -0.308. The first-order chi connectivity index (χ1) is 13.1. The third-order valence-electron chi connectivity index (χ3n) is 4.44. The van der Waals surface area contributed by atoms with Crippen LogP contribution in [-0.4, -0.2) is 16.8 Å². The minimum absolute atomic E-state index is 0.103. The van der Waals surface area contributed by atoms with Gasteiger partial charge in [-0.05, 0) is 50.2 Å². The van der Waals surface area contributed by atoms with Gasteiger partial charge in [-0.2, -0.15) is 5.26 Å². The fourth-order valence-corrected chi connectivity index (χ4v) is 4.24. The van der Waals surface area contributed by atoms with Crippen molar-refractivity contribution in [2.75, 3.05) is 6.61 Å². The number of nitriles is 1. The molecule has 0 saturated heterocycles. The molecule has 2 aromatic heterocycles. The standard InChI is InChI=1S/C20H18N4O2S/c1-3-25-13-7-5-12(6-8-13)18-17-16(15-9-4-11(2)27-15)14(10-21)19(22)26-20(17)24-23-18/h4-9,16H,3,22H2,1-2H3,(H,23,24). The third-order valence-corrected chi connectivity index (χ3v) is 5.50. The molecule has 0 fully saturated rings. The maximum Gasteiger partial charge on any atom is 0.244 e. The second-order valence-corrected chi connectivity index (χ2v) is 7.47. The number of benzene rings is 1. The Morgan fingerprint density at radius 1 is 1.30 bits per heavy atom. The van der Waals surface area contributed by atoms with Crippen molar-refractivity contribution in [1.82, 2.24) is 10.2 Å². The van der Waals surface area contributed by atoms with E-state index in [1.807, 2.05) is 50.2 Å². The van der Waals surface area contributed by atoms with Gasteiger partial charge in [0.25, 0.3) is 0 Å². The van der Waals surface area contributed by atoms with Crippen molar-refractivity contribution >= 4 is 11.3 Å². The summed E-state index contributed by atoms with van der Waals surface area (Å²) in [5.41, 5.74) is 8.98. The number of aromatic amines is 1. The zero-order chi connectivity index (χ0) is 19.0. The molecule has 0 saturated carbocycles. The van der Waals surface area contributed by atoms with E-state index < -0.39 is 0 Å². The maximum absolute atomic E-state index is 9.71. The van der Waals surface area contributed by atoms with Crippen LogP contribution < -0.4 is 15.2 Å². The number of nitrogens with one attached hydrogen (secondary N) is 1. The number of rotatable bonds is 4. The molecule has 7 heteroatoms. The highest BCUT2D eigenvalue weighted by Crippen LogP contribution is 2.47. The highest BCUT2D eigenvalue weighted by Gasteiger charge is 2.36. The van der Waals surface area contributed by atoms with Crippen LogP contribution in [0.1, 0.15) is 28.2 Å². The van der Waals surface area contributed by atoms with Gasteiger partial charge in [-0.3, -0.25) is 5.10 Å². The summed E-state index contributed by atoms with van der Waals surface area (Å²) in [5, 5.41) is 17.1. The van der Waals surface area contributed by atoms with E-state index in [2.05, 4.69) is 16.3 Å². The van der Waals surface area contributed by atoms with Crippen molar-refractivity contribution in [2.45, 2.75) is 19.8 Å². The van der Waals surface area contributed by atoms with E-state index in [0.29, 0.717) is 18.1 Å². The fourth-order valence-electron chi connectivity index (χ4n) is 3.24. The normalized spacial score (nSPS) is 15.8. The third kappa shape index (κ3) is 2.94. The van der Waals surface area contributed by atoms with Gasteiger partial charge in [-0.1, -0.05) is 0 Å². The molecule has 27 heavy (non-hydrogen) atoms. The average Bonchev–Trinajstić information content (AvgIpc) is 3.27. The predicted molar refractivity (Wildman–Crippen MR) is 104 cm³/mol. The van der Waals surface area contributed by atoms with Crippen LogP contribution in [0.2, 0.25) is 0 Å². The molecule has 0 bridgehead atoms. The first kappa shape index (κ1) is 17.2. The topological polar surface area (TPSA) is 97.0 Å². The molecule has 1 aromatic carbocycles. The zero-order valence-corrected chi connectivity index (χ0v) is 15.8. The zero-order valence-electron chi connectivity index (χ0n) is 14.9. The van der Waals surface area contributed by atoms with Crippen LogP contribution in [0.15, 0.2) is 47.9 Å². The van der Waals surface area contributed by atoms with Crippen LogP contribution in [0.3, 0.4) is 0 Å². The SMILES string of the molecule is CCOc1ccc(-c2[nH]nc3c2C(c2ccc(C)s2)C(C#N)=C(N)O3)cc1. The summed E-state index contributed by atoms with van der Waals surface area (Å²) in [5.74, 6) is 1.01. The predicted octanol–water partition coefficient (Wildman–Crippen LogP) is 4.06. The van der Waals surface area contributed by atoms with E-state index in [-0.39, 0.29) is 11.8 Å². The van der Waals surface area contributed by atoms with Crippen molar-refractivity contribution in [2.24, 2.45) is 5.73 Å². The van der Waals surface area contributed by atoms with Crippen molar-refractivity contribution < 1.29 is 9.47 Å². The number of hydrogen-bond acceptors (Lipinski definition) is 6. The maximum atomic E-state index is 9.71. The smallest absolute Gasteiger partial charge is 0.244 e. The second-order valence-electron chi connectivity index (χ2n) is 6.15. The molecule has 3 heterocycles. The molecule has 1 aliphatic heterocycles. The van der Waals surface area contributed by atoms with Crippen molar-refractivity contribution in [3.8, 4) is 29.0 Å². The van der Waals surface area contributed by atoms with E-state index in [0.717, 1.165) is 27.4 Å². The number of hydrogen-bond donors (Lipinski definition) is 2. The van der Waals surface area contributed by atoms with Crippen molar-refractivity contribution in [1.29, 1.82) is 5.26 Å². The summed E-state index contributed by atoms with van der Waals surface area (Å²) < 4.78 is 11.1. The van der Waals surface area contributed by atoms with Gasteiger partial charge in [0.05, 0.1) is 23.8 Å². The Balaban J connectivity index is 1.85. The Kier molecular flexibility index (Phi) is 4.34. The Morgan fingerprint density at radius 3 is 2.70 bits per heavy atom. The van der Waals surface area contributed by atoms with Crippen molar-refractivity contribution in [3.05, 3.63) is 63.2 Å². The Hall–Kier alpha value is -3.24. The number of H-pyrrole nitrogens is 1. The first-order valence-corrected chi connectivity index (χ1v) is 9.39. The Morgan fingerprint density at radius 2 is 2.07 bits per heavy atom. The highest BCUT2D eigenvalue weighted by atomic mass is 32.1. The number of thiophene rings is 1. The summed E-state index contributed by atoms with van der Waals surface area (Å²) in [7, 11) is 0. The number of aromatic nitrogens is 2. The van der Waals surface area contributed by atoms with Crippen LogP contribution in [0.5, 0.6) is 11.6 Å². The molecule has 4 rings (SSSR count). The lowest BCUT2D eigenvalue weighted by atomic mass is 9.87. The molecule has 1 atom stereocenters. The molecule has 1 aliphatic rings. The molecule has 6 nitrogen and oxygen atoms in total. The molecule has 3 N–H and O–H groups in total. The summed E-state index contributed by atoms with van der Waals surface area (Å²) in [4.78, 5) is 2.20. The van der Waals surface area contributed by atoms with E-state index >= 15 is 0 Å². The van der Waals surface area contributed by atoms with Crippen LogP contribution in [-0.2, 0) is 0 Å². The summed E-state index contributed by atoms with van der Waals surface area (Å²) in [6.07, 6.45) is 0. The molecular formula is C20H18N4O2S. The lowest BCUT2D eigenvalue weighted by Gasteiger charge is -2.22. The van der Waals surface area contributed by atoms with E-state index in [4.69, 9.17) is 15.2 Å². The molecule has 0 spiro atoms. The molecule has 1 unspecified atom stereocenters. The van der Waals surface area contributed by atoms with Crippen molar-refractivity contribution in [3.63, 3.8) is 0 Å².